The molecule has 0 radical (unpaired) electrons. The minimum Gasteiger partial charge on any atom is -0.456 e. The first-order chi connectivity index (χ1) is 22.0. The molecule has 3 heterocycles. The van der Waals surface area contributed by atoms with Crippen LogP contribution in [-0.4, -0.2) is 54.0 Å². The zero-order valence-corrected chi connectivity index (χ0v) is 28.4. The maximum absolute atomic E-state index is 14.3. The summed E-state index contributed by atoms with van der Waals surface area (Å²) in [5, 5.41) is 2.28. The van der Waals surface area contributed by atoms with E-state index in [-0.39, 0.29) is 11.8 Å². The summed E-state index contributed by atoms with van der Waals surface area (Å²) in [4.78, 5) is 32.5. The molecule has 45 heavy (non-hydrogen) atoms. The van der Waals surface area contributed by atoms with Gasteiger partial charge in [0.2, 0.25) is 5.91 Å². The Morgan fingerprint density at radius 1 is 0.889 bits per heavy atom. The molecular formula is C36H44N4O3S2. The number of nitrogens with one attached hydrogen (secondary N) is 1. The van der Waals surface area contributed by atoms with Gasteiger partial charge < -0.3 is 14.5 Å². The minimum atomic E-state index is -1.08. The van der Waals surface area contributed by atoms with E-state index in [4.69, 9.17) is 4.74 Å². The van der Waals surface area contributed by atoms with Gasteiger partial charge >= 0.3 is 0 Å². The molecule has 1 spiro atoms. The lowest BCUT2D eigenvalue weighted by atomic mass is 9.75. The monoisotopic (exact) mass is 644 g/mol. The quantitative estimate of drug-likeness (QED) is 0.158. The van der Waals surface area contributed by atoms with Gasteiger partial charge in [-0.05, 0) is 65.2 Å². The van der Waals surface area contributed by atoms with Crippen molar-refractivity contribution in [1.82, 2.24) is 10.4 Å². The summed E-state index contributed by atoms with van der Waals surface area (Å²) < 4.78 is 6.75. The normalized spacial score (nSPS) is 17.5. The van der Waals surface area contributed by atoms with E-state index in [1.165, 1.54) is 12.2 Å². The van der Waals surface area contributed by atoms with Crippen LogP contribution in [0.1, 0.15) is 86.8 Å². The number of hydrazine groups is 1. The summed E-state index contributed by atoms with van der Waals surface area (Å²) in [5.41, 5.74) is 7.30. The first-order valence-electron chi connectivity index (χ1n) is 16.4. The van der Waals surface area contributed by atoms with Crippen LogP contribution in [0.4, 0.5) is 11.4 Å². The summed E-state index contributed by atoms with van der Waals surface area (Å²) in [6.45, 7) is 12.0. The highest BCUT2D eigenvalue weighted by atomic mass is 33.1. The molecule has 9 heteroatoms. The van der Waals surface area contributed by atoms with E-state index in [0.717, 1.165) is 73.5 Å². The van der Waals surface area contributed by atoms with Gasteiger partial charge in [-0.2, -0.15) is 0 Å². The molecule has 3 aliphatic rings. The number of rotatable bonds is 12. The number of nitrogens with zero attached hydrogens (tertiary/aromatic N) is 3. The van der Waals surface area contributed by atoms with Crippen LogP contribution in [0.3, 0.4) is 0 Å². The first kappa shape index (κ1) is 31.7. The van der Waals surface area contributed by atoms with Gasteiger partial charge in [0.1, 0.15) is 17.0 Å². The predicted molar refractivity (Wildman–Crippen MR) is 188 cm³/mol. The number of carbonyl (C=O) groups is 2. The number of ether oxygens (including phenoxy) is 1. The van der Waals surface area contributed by atoms with Crippen molar-refractivity contribution in [2.24, 2.45) is 0 Å². The number of hydrogen-bond acceptors (Lipinski definition) is 7. The first-order valence-corrected chi connectivity index (χ1v) is 18.8. The zero-order chi connectivity index (χ0) is 31.6. The Bertz CT molecular complexity index is 1490. The van der Waals surface area contributed by atoms with Gasteiger partial charge in [-0.15, -0.1) is 0 Å². The summed E-state index contributed by atoms with van der Waals surface area (Å²) >= 11 is 0. The second-order valence-corrected chi connectivity index (χ2v) is 14.6. The van der Waals surface area contributed by atoms with Crippen LogP contribution in [0.2, 0.25) is 0 Å². The highest BCUT2D eigenvalue weighted by Gasteiger charge is 2.57. The van der Waals surface area contributed by atoms with Crippen molar-refractivity contribution in [3.05, 3.63) is 82.9 Å². The van der Waals surface area contributed by atoms with Gasteiger partial charge in [0.25, 0.3) is 5.91 Å². The standard InChI is InChI=1S/C36H44N4O3S2/c1-5-38(6-2)25-17-19-30-32(23-25)43-33-24-26(39(7-3)8-4)18-20-31(33)36(30)29-15-11-10-14-28(29)35(42)40(36)37-34(41)16-12-9-13-27-21-22-44-45-27/h10-11,14-15,17-20,23-24,27H,5-9,12-13,16,21-22H2,1-4H3,(H,37,41). The van der Waals surface area contributed by atoms with Gasteiger partial charge in [0.15, 0.2) is 0 Å². The van der Waals surface area contributed by atoms with E-state index >= 15 is 0 Å². The molecular weight excluding hydrogens is 601 g/mol. The average Bonchev–Trinajstić information content (AvgIpc) is 3.66. The van der Waals surface area contributed by atoms with E-state index in [1.807, 2.05) is 45.9 Å². The van der Waals surface area contributed by atoms with Crippen molar-refractivity contribution in [3.63, 3.8) is 0 Å². The molecule has 3 aromatic carbocycles. The highest BCUT2D eigenvalue weighted by molar-refractivity contribution is 8.77. The lowest BCUT2D eigenvalue weighted by Crippen LogP contribution is -2.56. The molecule has 7 nitrogen and oxygen atoms in total. The second-order valence-electron chi connectivity index (χ2n) is 11.8. The molecule has 0 bridgehead atoms. The molecule has 3 aromatic rings. The molecule has 6 rings (SSSR count). The Labute approximate surface area is 275 Å². The smallest absolute Gasteiger partial charge is 0.274 e. The van der Waals surface area contributed by atoms with Crippen LogP contribution >= 0.6 is 21.6 Å². The van der Waals surface area contributed by atoms with E-state index < -0.39 is 5.54 Å². The maximum Gasteiger partial charge on any atom is 0.274 e. The zero-order valence-electron chi connectivity index (χ0n) is 26.8. The fraction of sp³-hybridized carbons (Fsp3) is 0.444. The van der Waals surface area contributed by atoms with Gasteiger partial charge in [-0.3, -0.25) is 15.0 Å². The van der Waals surface area contributed by atoms with Gasteiger partial charge in [-0.1, -0.05) is 58.3 Å². The number of fused-ring (bicyclic) bond motifs is 6. The Morgan fingerprint density at radius 2 is 1.51 bits per heavy atom. The lowest BCUT2D eigenvalue weighted by molar-refractivity contribution is -0.126. The maximum atomic E-state index is 14.3. The average molecular weight is 645 g/mol. The van der Waals surface area contributed by atoms with Gasteiger partial charge in [0, 0.05) is 89.4 Å². The third-order valence-corrected chi connectivity index (χ3v) is 12.4. The van der Waals surface area contributed by atoms with Crippen molar-refractivity contribution < 1.29 is 14.3 Å². The second kappa shape index (κ2) is 13.6. The Morgan fingerprint density at radius 3 is 2.09 bits per heavy atom. The number of hydrogen-bond donors (Lipinski definition) is 1. The van der Waals surface area contributed by atoms with Gasteiger partial charge in [-0.25, -0.2) is 5.01 Å². The summed E-state index contributed by atoms with van der Waals surface area (Å²) in [6, 6.07) is 20.3. The third-order valence-electron chi connectivity index (χ3n) is 9.42. The van der Waals surface area contributed by atoms with Crippen LogP contribution in [0, 0.1) is 0 Å². The SMILES string of the molecule is CCN(CC)c1ccc2c(c1)Oc1cc(N(CC)CC)ccc1C21c2ccccc2C(=O)N1NC(=O)CCCCC1CCSS1. The van der Waals surface area contributed by atoms with Crippen molar-refractivity contribution in [1.29, 1.82) is 0 Å². The molecule has 1 N–H and O–H groups in total. The number of anilines is 2. The number of benzene rings is 3. The van der Waals surface area contributed by atoms with Crippen molar-refractivity contribution in [2.45, 2.75) is 70.6 Å². The molecule has 1 atom stereocenters. The molecule has 0 aromatic heterocycles. The van der Waals surface area contributed by atoms with E-state index in [9.17, 15) is 9.59 Å². The molecule has 3 aliphatic heterocycles. The number of carbonyl (C=O) groups excluding carboxylic acids is 2. The van der Waals surface area contributed by atoms with Crippen molar-refractivity contribution >= 4 is 44.8 Å². The van der Waals surface area contributed by atoms with Crippen molar-refractivity contribution in [2.75, 3.05) is 41.7 Å². The Hall–Kier alpha value is -3.30. The highest BCUT2D eigenvalue weighted by Crippen LogP contribution is 2.57. The van der Waals surface area contributed by atoms with Crippen LogP contribution in [0.25, 0.3) is 0 Å². The molecule has 1 fully saturated rings. The predicted octanol–water partition coefficient (Wildman–Crippen LogP) is 7.98. The topological polar surface area (TPSA) is 65.1 Å². The van der Waals surface area contributed by atoms with Crippen LogP contribution in [-0.2, 0) is 10.3 Å². The van der Waals surface area contributed by atoms with Crippen LogP contribution in [0.5, 0.6) is 11.5 Å². The Balaban J connectivity index is 1.44. The molecule has 238 valence electrons. The minimum absolute atomic E-state index is 0.141. The summed E-state index contributed by atoms with van der Waals surface area (Å²) in [6.07, 6.45) is 4.56. The van der Waals surface area contributed by atoms with Crippen LogP contribution < -0.4 is 20.0 Å². The largest absolute Gasteiger partial charge is 0.456 e. The molecule has 0 saturated carbocycles. The summed E-state index contributed by atoms with van der Waals surface area (Å²) in [7, 11) is 3.93. The number of unbranched alkanes of at least 4 members (excludes halogenated alkanes) is 1. The molecule has 0 aliphatic carbocycles. The summed E-state index contributed by atoms with van der Waals surface area (Å²) in [5.74, 6) is 2.25. The molecule has 1 unspecified atom stereocenters. The molecule has 2 amide bonds. The fourth-order valence-corrected chi connectivity index (χ4v) is 10.1. The Kier molecular flexibility index (Phi) is 9.57. The fourth-order valence-electron chi connectivity index (χ4n) is 7.07. The van der Waals surface area contributed by atoms with Crippen LogP contribution in [0.15, 0.2) is 60.7 Å². The molecule has 1 saturated heterocycles. The van der Waals surface area contributed by atoms with Gasteiger partial charge in [0.05, 0.1) is 0 Å². The number of amides is 2. The lowest BCUT2D eigenvalue weighted by Gasteiger charge is -2.44. The van der Waals surface area contributed by atoms with Crippen molar-refractivity contribution in [3.8, 4) is 11.5 Å². The van der Waals surface area contributed by atoms with E-state index in [2.05, 4.69) is 79.3 Å². The van der Waals surface area contributed by atoms with E-state index in [0.29, 0.717) is 28.7 Å². The van der Waals surface area contributed by atoms with E-state index in [1.54, 1.807) is 5.01 Å². The third kappa shape index (κ3) is 5.67.